The van der Waals surface area contributed by atoms with Gasteiger partial charge in [0.15, 0.2) is 0 Å². The minimum Gasteiger partial charge on any atom is -0.456 e. The Hall–Kier alpha value is 0.170. The van der Waals surface area contributed by atoms with Crippen LogP contribution in [0.4, 0.5) is 0 Å². The molecule has 1 aliphatic carbocycles. The molecule has 1 atom stereocenters. The molecule has 2 nitrogen and oxygen atoms in total. The molecular formula is C13H20Br2O2. The number of alkyl halides is 2. The highest BCUT2D eigenvalue weighted by Gasteiger charge is 2.37. The smallest absolute Gasteiger partial charge is 0.333 e. The van der Waals surface area contributed by atoms with Crippen LogP contribution in [0, 0.1) is 0 Å². The molecule has 0 aromatic rings. The monoisotopic (exact) mass is 366 g/mol. The molecule has 1 unspecified atom stereocenters. The molecule has 0 amide bonds. The van der Waals surface area contributed by atoms with Crippen LogP contribution in [-0.2, 0) is 9.53 Å². The average molecular weight is 368 g/mol. The third kappa shape index (κ3) is 4.74. The van der Waals surface area contributed by atoms with E-state index in [1.807, 2.05) is 0 Å². The Morgan fingerprint density at radius 3 is 2.47 bits per heavy atom. The summed E-state index contributed by atoms with van der Waals surface area (Å²) in [4.78, 5) is 12.1. The molecule has 1 rings (SSSR count). The van der Waals surface area contributed by atoms with E-state index in [4.69, 9.17) is 4.74 Å². The van der Waals surface area contributed by atoms with Crippen molar-refractivity contribution in [2.75, 3.05) is 5.33 Å². The van der Waals surface area contributed by atoms with Gasteiger partial charge in [-0.25, -0.2) is 4.79 Å². The Morgan fingerprint density at radius 1 is 1.41 bits per heavy atom. The van der Waals surface area contributed by atoms with E-state index < -0.39 is 0 Å². The second-order valence-electron chi connectivity index (χ2n) is 4.87. The highest BCUT2D eigenvalue weighted by Crippen LogP contribution is 2.37. The second kappa shape index (κ2) is 6.93. The van der Waals surface area contributed by atoms with Gasteiger partial charge in [-0.15, -0.1) is 0 Å². The predicted octanol–water partition coefficient (Wildman–Crippen LogP) is 4.36. The summed E-state index contributed by atoms with van der Waals surface area (Å²) < 4.78 is 5.72. The molecule has 17 heavy (non-hydrogen) atoms. The van der Waals surface area contributed by atoms with Crippen LogP contribution in [0.2, 0.25) is 0 Å². The van der Waals surface area contributed by atoms with Crippen molar-refractivity contribution in [1.82, 2.24) is 0 Å². The summed E-state index contributed by atoms with van der Waals surface area (Å²) in [5.74, 6) is -0.249. The number of carbonyl (C=O) groups is 1. The van der Waals surface area contributed by atoms with Crippen LogP contribution in [0.15, 0.2) is 12.2 Å². The van der Waals surface area contributed by atoms with Gasteiger partial charge in [-0.1, -0.05) is 44.9 Å². The van der Waals surface area contributed by atoms with Crippen molar-refractivity contribution in [2.45, 2.75) is 55.9 Å². The fourth-order valence-corrected chi connectivity index (χ4v) is 3.10. The van der Waals surface area contributed by atoms with E-state index in [0.29, 0.717) is 10.4 Å². The van der Waals surface area contributed by atoms with E-state index in [0.717, 1.165) is 37.4 Å². The summed E-state index contributed by atoms with van der Waals surface area (Å²) in [5, 5.41) is 0.874. The van der Waals surface area contributed by atoms with Gasteiger partial charge in [0.1, 0.15) is 5.60 Å². The molecule has 0 aromatic carbocycles. The van der Waals surface area contributed by atoms with Gasteiger partial charge in [-0.05, 0) is 32.6 Å². The summed E-state index contributed by atoms with van der Waals surface area (Å²) in [6, 6.07) is 0. The summed E-state index contributed by atoms with van der Waals surface area (Å²) in [5.41, 5.74) is 0.205. The lowest BCUT2D eigenvalue weighted by Crippen LogP contribution is -2.40. The topological polar surface area (TPSA) is 26.3 Å². The molecular weight excluding hydrogens is 348 g/mol. The molecule has 0 heterocycles. The maximum absolute atomic E-state index is 11.7. The van der Waals surface area contributed by atoms with Gasteiger partial charge >= 0.3 is 5.97 Å². The van der Waals surface area contributed by atoms with E-state index in [2.05, 4.69) is 38.4 Å². The van der Waals surface area contributed by atoms with Gasteiger partial charge < -0.3 is 4.74 Å². The van der Waals surface area contributed by atoms with Crippen LogP contribution in [0.1, 0.15) is 45.4 Å². The van der Waals surface area contributed by atoms with Crippen LogP contribution < -0.4 is 0 Å². The van der Waals surface area contributed by atoms with E-state index >= 15 is 0 Å². The van der Waals surface area contributed by atoms with E-state index in [1.165, 1.54) is 6.42 Å². The minimum atomic E-state index is -0.282. The lowest BCUT2D eigenvalue weighted by molar-refractivity contribution is -0.159. The van der Waals surface area contributed by atoms with Crippen LogP contribution >= 0.6 is 31.9 Å². The van der Waals surface area contributed by atoms with E-state index in [9.17, 15) is 4.79 Å². The molecule has 0 bridgehead atoms. The van der Waals surface area contributed by atoms with Crippen molar-refractivity contribution >= 4 is 37.8 Å². The molecule has 4 heteroatoms. The third-order valence-electron chi connectivity index (χ3n) is 3.18. The fourth-order valence-electron chi connectivity index (χ4n) is 2.29. The van der Waals surface area contributed by atoms with Crippen molar-refractivity contribution in [3.05, 3.63) is 12.2 Å². The van der Waals surface area contributed by atoms with Crippen LogP contribution in [0.25, 0.3) is 0 Å². The molecule has 0 aromatic heterocycles. The zero-order valence-electron chi connectivity index (χ0n) is 10.3. The Labute approximate surface area is 120 Å². The maximum atomic E-state index is 11.7. The standard InChI is InChI=1S/C13H20Br2O2/c1-10(2)12(16)17-13(8-11(15)9-14)6-4-3-5-7-13/h11H,1,3-9H2,2H3. The van der Waals surface area contributed by atoms with Gasteiger partial charge in [0.05, 0.1) is 0 Å². The van der Waals surface area contributed by atoms with Gasteiger partial charge in [0.2, 0.25) is 0 Å². The zero-order valence-corrected chi connectivity index (χ0v) is 13.5. The van der Waals surface area contributed by atoms with Crippen molar-refractivity contribution in [1.29, 1.82) is 0 Å². The first kappa shape index (κ1) is 15.2. The number of halogens is 2. The normalized spacial score (nSPS) is 20.6. The van der Waals surface area contributed by atoms with Crippen LogP contribution in [0.3, 0.4) is 0 Å². The van der Waals surface area contributed by atoms with E-state index in [1.54, 1.807) is 6.92 Å². The number of hydrogen-bond donors (Lipinski definition) is 0. The Balaban J connectivity index is 2.70. The lowest BCUT2D eigenvalue weighted by atomic mass is 9.81. The van der Waals surface area contributed by atoms with Crippen molar-refractivity contribution in [3.8, 4) is 0 Å². The predicted molar refractivity (Wildman–Crippen MR) is 77.8 cm³/mol. The quantitative estimate of drug-likeness (QED) is 0.410. The molecule has 98 valence electrons. The first-order valence-electron chi connectivity index (χ1n) is 6.08. The number of ether oxygens (including phenoxy) is 1. The number of hydrogen-bond acceptors (Lipinski definition) is 2. The lowest BCUT2D eigenvalue weighted by Gasteiger charge is -2.38. The molecule has 0 radical (unpaired) electrons. The van der Waals surface area contributed by atoms with Crippen molar-refractivity contribution < 1.29 is 9.53 Å². The average Bonchev–Trinajstić information content (AvgIpc) is 2.29. The molecule has 1 aliphatic rings. The van der Waals surface area contributed by atoms with Crippen LogP contribution in [0.5, 0.6) is 0 Å². The molecule has 1 fully saturated rings. The third-order valence-corrected chi connectivity index (χ3v) is 5.48. The largest absolute Gasteiger partial charge is 0.456 e. The van der Waals surface area contributed by atoms with Gasteiger partial charge in [-0.2, -0.15) is 0 Å². The van der Waals surface area contributed by atoms with Gasteiger partial charge in [-0.3, -0.25) is 0 Å². The van der Waals surface area contributed by atoms with Crippen molar-refractivity contribution in [2.24, 2.45) is 0 Å². The summed E-state index contributed by atoms with van der Waals surface area (Å²) in [6.45, 7) is 5.36. The maximum Gasteiger partial charge on any atom is 0.333 e. The highest BCUT2D eigenvalue weighted by atomic mass is 79.9. The Kier molecular flexibility index (Phi) is 6.21. The Morgan fingerprint density at radius 2 is 2.00 bits per heavy atom. The fraction of sp³-hybridized carbons (Fsp3) is 0.769. The molecule has 0 spiro atoms. The van der Waals surface area contributed by atoms with E-state index in [-0.39, 0.29) is 11.6 Å². The molecule has 0 saturated heterocycles. The Bertz CT molecular complexity index is 283. The highest BCUT2D eigenvalue weighted by molar-refractivity contribution is 9.12. The summed E-state index contributed by atoms with van der Waals surface area (Å²) >= 11 is 7.07. The first-order chi connectivity index (χ1) is 7.99. The zero-order chi connectivity index (χ0) is 12.9. The number of esters is 1. The molecule has 0 N–H and O–H groups in total. The molecule has 0 aliphatic heterocycles. The summed E-state index contributed by atoms with van der Waals surface area (Å²) in [7, 11) is 0. The van der Waals surface area contributed by atoms with Gasteiger partial charge in [0.25, 0.3) is 0 Å². The van der Waals surface area contributed by atoms with Crippen molar-refractivity contribution in [3.63, 3.8) is 0 Å². The van der Waals surface area contributed by atoms with Gasteiger partial charge in [0, 0.05) is 22.2 Å². The number of carbonyl (C=O) groups excluding carboxylic acids is 1. The second-order valence-corrected chi connectivity index (χ2v) is 6.81. The first-order valence-corrected chi connectivity index (χ1v) is 8.12. The SMILES string of the molecule is C=C(C)C(=O)OC1(CC(Br)CBr)CCCCC1. The number of rotatable bonds is 5. The van der Waals surface area contributed by atoms with Crippen LogP contribution in [-0.4, -0.2) is 21.7 Å². The molecule has 1 saturated carbocycles. The minimum absolute atomic E-state index is 0.249. The summed E-state index contributed by atoms with van der Waals surface area (Å²) in [6.07, 6.45) is 6.35.